The summed E-state index contributed by atoms with van der Waals surface area (Å²) in [5.41, 5.74) is 7.24. The first-order valence-corrected chi connectivity index (χ1v) is 6.08. The van der Waals surface area contributed by atoms with Gasteiger partial charge in [-0.2, -0.15) is 0 Å². The average Bonchev–Trinajstić information content (AvgIpc) is 2.31. The molecule has 0 fully saturated rings. The van der Waals surface area contributed by atoms with Crippen LogP contribution in [-0.4, -0.2) is 17.8 Å². The largest absolute Gasteiger partial charge is 0.396 e. The molecule has 0 amide bonds. The lowest BCUT2D eigenvalue weighted by Gasteiger charge is -2.35. The van der Waals surface area contributed by atoms with Crippen LogP contribution in [0.25, 0.3) is 0 Å². The van der Waals surface area contributed by atoms with Crippen molar-refractivity contribution in [2.45, 2.75) is 45.1 Å². The quantitative estimate of drug-likeness (QED) is 0.829. The van der Waals surface area contributed by atoms with Gasteiger partial charge in [0.1, 0.15) is 5.82 Å². The van der Waals surface area contributed by atoms with E-state index in [2.05, 4.69) is 0 Å². The third kappa shape index (κ3) is 2.85. The van der Waals surface area contributed by atoms with E-state index in [4.69, 9.17) is 5.73 Å². The molecule has 0 aliphatic carbocycles. The zero-order valence-electron chi connectivity index (χ0n) is 10.8. The van der Waals surface area contributed by atoms with E-state index in [1.807, 2.05) is 19.9 Å². The first kappa shape index (κ1) is 14.1. The molecule has 3 heteroatoms. The molecule has 0 aliphatic rings. The maximum Gasteiger partial charge on any atom is 0.126 e. The smallest absolute Gasteiger partial charge is 0.126 e. The molecule has 17 heavy (non-hydrogen) atoms. The number of rotatable bonds is 5. The van der Waals surface area contributed by atoms with Crippen molar-refractivity contribution < 1.29 is 9.50 Å². The van der Waals surface area contributed by atoms with Gasteiger partial charge in [0.15, 0.2) is 0 Å². The second kappa shape index (κ2) is 5.61. The number of hydrogen-bond donors (Lipinski definition) is 2. The average molecular weight is 239 g/mol. The van der Waals surface area contributed by atoms with Crippen LogP contribution in [0.15, 0.2) is 18.2 Å². The van der Waals surface area contributed by atoms with Gasteiger partial charge in [0.25, 0.3) is 0 Å². The van der Waals surface area contributed by atoms with Crippen LogP contribution < -0.4 is 5.73 Å². The van der Waals surface area contributed by atoms with Crippen LogP contribution in [-0.2, 0) is 5.41 Å². The summed E-state index contributed by atoms with van der Waals surface area (Å²) in [7, 11) is 0. The van der Waals surface area contributed by atoms with E-state index < -0.39 is 0 Å². The number of benzene rings is 1. The van der Waals surface area contributed by atoms with Gasteiger partial charge in [0.2, 0.25) is 0 Å². The highest BCUT2D eigenvalue weighted by atomic mass is 19.1. The van der Waals surface area contributed by atoms with E-state index in [0.717, 1.165) is 12.0 Å². The Balaban J connectivity index is 3.17. The van der Waals surface area contributed by atoms with Gasteiger partial charge in [-0.25, -0.2) is 4.39 Å². The lowest BCUT2D eigenvalue weighted by atomic mass is 9.73. The number of aliphatic hydroxyl groups is 1. The summed E-state index contributed by atoms with van der Waals surface area (Å²) in [5.74, 6) is -0.213. The highest BCUT2D eigenvalue weighted by molar-refractivity contribution is 5.31. The van der Waals surface area contributed by atoms with Crippen LogP contribution >= 0.6 is 0 Å². The van der Waals surface area contributed by atoms with Gasteiger partial charge in [-0.05, 0) is 37.0 Å². The van der Waals surface area contributed by atoms with E-state index in [1.54, 1.807) is 19.1 Å². The fraction of sp³-hybridized carbons (Fsp3) is 0.571. The minimum atomic E-state index is -0.377. The molecule has 0 radical (unpaired) electrons. The fourth-order valence-electron chi connectivity index (χ4n) is 2.17. The van der Waals surface area contributed by atoms with Crippen molar-refractivity contribution in [3.8, 4) is 0 Å². The zero-order chi connectivity index (χ0) is 13.1. The van der Waals surface area contributed by atoms with Gasteiger partial charge >= 0.3 is 0 Å². The van der Waals surface area contributed by atoms with Gasteiger partial charge in [0.05, 0.1) is 0 Å². The third-order valence-corrected chi connectivity index (χ3v) is 3.72. The molecular formula is C14H22FNO. The Morgan fingerprint density at radius 3 is 2.59 bits per heavy atom. The molecule has 96 valence electrons. The minimum absolute atomic E-state index is 0.0553. The van der Waals surface area contributed by atoms with Gasteiger partial charge in [-0.1, -0.05) is 26.0 Å². The Kier molecular flexibility index (Phi) is 4.66. The second-order valence-corrected chi connectivity index (χ2v) is 4.87. The molecule has 3 N–H and O–H groups in total. The summed E-state index contributed by atoms with van der Waals surface area (Å²) in [4.78, 5) is 0. The summed E-state index contributed by atoms with van der Waals surface area (Å²) in [6, 6.07) is 5.13. The summed E-state index contributed by atoms with van der Waals surface area (Å²) < 4.78 is 13.6. The molecule has 0 aromatic heterocycles. The Morgan fingerprint density at radius 2 is 2.12 bits per heavy atom. The molecule has 0 saturated carbocycles. The maximum atomic E-state index is 13.6. The predicted molar refractivity (Wildman–Crippen MR) is 68.5 cm³/mol. The summed E-state index contributed by atoms with van der Waals surface area (Å²) in [6.07, 6.45) is 1.34. The first-order chi connectivity index (χ1) is 7.95. The van der Waals surface area contributed by atoms with Crippen LogP contribution in [0.2, 0.25) is 0 Å². The van der Waals surface area contributed by atoms with Crippen LogP contribution in [0.1, 0.15) is 37.8 Å². The molecule has 2 nitrogen and oxygen atoms in total. The van der Waals surface area contributed by atoms with Crippen LogP contribution in [0.4, 0.5) is 4.39 Å². The topological polar surface area (TPSA) is 46.2 Å². The number of hydrogen-bond acceptors (Lipinski definition) is 2. The molecule has 1 rings (SSSR count). The molecule has 0 heterocycles. The molecular weight excluding hydrogens is 217 g/mol. The predicted octanol–water partition coefficient (Wildman–Crippen LogP) is 2.51. The Morgan fingerprint density at radius 1 is 1.47 bits per heavy atom. The molecule has 0 bridgehead atoms. The summed E-state index contributed by atoms with van der Waals surface area (Å²) in [6.45, 7) is 5.79. The Bertz CT molecular complexity index is 380. The van der Waals surface area contributed by atoms with Crippen LogP contribution in [0.3, 0.4) is 0 Å². The van der Waals surface area contributed by atoms with Crippen molar-refractivity contribution in [1.82, 2.24) is 0 Å². The normalized spacial score (nSPS) is 16.6. The van der Waals surface area contributed by atoms with Crippen molar-refractivity contribution in [3.05, 3.63) is 35.1 Å². The summed E-state index contributed by atoms with van der Waals surface area (Å²) in [5, 5.41) is 9.18. The maximum absolute atomic E-state index is 13.6. The minimum Gasteiger partial charge on any atom is -0.396 e. The Hall–Kier alpha value is -0.930. The van der Waals surface area contributed by atoms with Gasteiger partial charge in [-0.3, -0.25) is 0 Å². The molecule has 0 saturated heterocycles. The van der Waals surface area contributed by atoms with Crippen molar-refractivity contribution in [3.63, 3.8) is 0 Å². The van der Waals surface area contributed by atoms with Crippen molar-refractivity contribution in [1.29, 1.82) is 0 Å². The summed E-state index contributed by atoms with van der Waals surface area (Å²) >= 11 is 0. The van der Waals surface area contributed by atoms with Gasteiger partial charge in [-0.15, -0.1) is 0 Å². The highest BCUT2D eigenvalue weighted by Gasteiger charge is 2.32. The number of halogens is 1. The monoisotopic (exact) mass is 239 g/mol. The molecule has 1 aromatic carbocycles. The van der Waals surface area contributed by atoms with E-state index in [0.29, 0.717) is 12.0 Å². The van der Waals surface area contributed by atoms with Crippen LogP contribution in [0.5, 0.6) is 0 Å². The number of nitrogens with two attached hydrogens (primary N) is 1. The lowest BCUT2D eigenvalue weighted by molar-refractivity contribution is 0.223. The number of aryl methyl sites for hydroxylation is 1. The van der Waals surface area contributed by atoms with Gasteiger partial charge < -0.3 is 10.8 Å². The van der Waals surface area contributed by atoms with Crippen molar-refractivity contribution >= 4 is 0 Å². The molecule has 1 aromatic rings. The number of aliphatic hydroxyl groups excluding tert-OH is 1. The van der Waals surface area contributed by atoms with E-state index in [1.165, 1.54) is 0 Å². The zero-order valence-corrected chi connectivity index (χ0v) is 10.8. The highest BCUT2D eigenvalue weighted by Crippen LogP contribution is 2.32. The molecule has 2 unspecified atom stereocenters. The Labute approximate surface area is 103 Å². The van der Waals surface area contributed by atoms with Crippen LogP contribution in [0, 0.1) is 12.7 Å². The van der Waals surface area contributed by atoms with Gasteiger partial charge in [0, 0.05) is 18.1 Å². The standard InChI is InChI=1S/C14H22FNO/c1-4-13(16)14(3,7-8-17)11-6-5-10(2)12(15)9-11/h5-6,9,13,17H,4,7-8,16H2,1-3H3. The SMILES string of the molecule is CCC(N)C(C)(CCO)c1ccc(C)c(F)c1. The van der Waals surface area contributed by atoms with Crippen molar-refractivity contribution in [2.75, 3.05) is 6.61 Å². The van der Waals surface area contributed by atoms with Crippen molar-refractivity contribution in [2.24, 2.45) is 5.73 Å². The molecule has 2 atom stereocenters. The first-order valence-electron chi connectivity index (χ1n) is 6.08. The van der Waals surface area contributed by atoms with E-state index >= 15 is 0 Å². The lowest BCUT2D eigenvalue weighted by Crippen LogP contribution is -2.43. The molecule has 0 aliphatic heterocycles. The van der Waals surface area contributed by atoms with E-state index in [9.17, 15) is 9.50 Å². The second-order valence-electron chi connectivity index (χ2n) is 4.87. The molecule has 0 spiro atoms. The fourth-order valence-corrected chi connectivity index (χ4v) is 2.17. The third-order valence-electron chi connectivity index (χ3n) is 3.72. The van der Waals surface area contributed by atoms with E-state index in [-0.39, 0.29) is 23.9 Å².